The van der Waals surface area contributed by atoms with Crippen molar-refractivity contribution in [1.82, 2.24) is 0 Å². The fraction of sp³-hybridized carbons (Fsp3) is 0.500. The molecule has 88 valence electrons. The van der Waals surface area contributed by atoms with Gasteiger partial charge in [0.25, 0.3) is 0 Å². The van der Waals surface area contributed by atoms with E-state index in [0.717, 1.165) is 5.56 Å². The van der Waals surface area contributed by atoms with Crippen molar-refractivity contribution in [3.05, 3.63) is 33.9 Å². The average Bonchev–Trinajstić information content (AvgIpc) is 2.22. The molecule has 16 heavy (non-hydrogen) atoms. The molecule has 1 unspecified atom stereocenters. The number of aryl methyl sites for hydroxylation is 1. The van der Waals surface area contributed by atoms with Gasteiger partial charge in [-0.2, -0.15) is 0 Å². The number of aliphatic carboxylic acids is 1. The smallest absolute Gasteiger partial charge is 0.306 e. The van der Waals surface area contributed by atoms with Gasteiger partial charge in [0.05, 0.1) is 5.92 Å². The van der Waals surface area contributed by atoms with Crippen LogP contribution in [-0.4, -0.2) is 11.1 Å². The minimum atomic E-state index is -0.727. The van der Waals surface area contributed by atoms with Crippen LogP contribution in [0.3, 0.4) is 0 Å². The van der Waals surface area contributed by atoms with E-state index in [2.05, 4.69) is 33.8 Å². The van der Waals surface area contributed by atoms with Crippen LogP contribution < -0.4 is 0 Å². The second-order valence-corrected chi connectivity index (χ2v) is 4.67. The Labute approximate surface area is 97.3 Å². The predicted octanol–water partition coefficient (Wildman–Crippen LogP) is 3.18. The zero-order chi connectivity index (χ0) is 12.5. The molecule has 0 aliphatic heterocycles. The third kappa shape index (κ3) is 2.43. The van der Waals surface area contributed by atoms with Gasteiger partial charge in [-0.05, 0) is 61.9 Å². The number of hydrogen-bond acceptors (Lipinski definition) is 1. The molecule has 0 fully saturated rings. The molecule has 2 nitrogen and oxygen atoms in total. The van der Waals surface area contributed by atoms with Gasteiger partial charge in [-0.3, -0.25) is 4.79 Å². The average molecular weight is 220 g/mol. The first kappa shape index (κ1) is 12.8. The van der Waals surface area contributed by atoms with Crippen LogP contribution in [0, 0.1) is 33.6 Å². The van der Waals surface area contributed by atoms with Crippen LogP contribution in [0.15, 0.2) is 6.07 Å². The third-order valence-corrected chi connectivity index (χ3v) is 3.54. The maximum absolute atomic E-state index is 10.9. The first-order chi connectivity index (χ1) is 7.34. The molecule has 0 saturated heterocycles. The minimum Gasteiger partial charge on any atom is -0.481 e. The Bertz CT molecular complexity index is 419. The summed E-state index contributed by atoms with van der Waals surface area (Å²) in [6, 6.07) is 2.12. The van der Waals surface area contributed by atoms with Crippen molar-refractivity contribution in [2.24, 2.45) is 5.92 Å². The molecule has 2 heteroatoms. The van der Waals surface area contributed by atoms with Gasteiger partial charge in [0.2, 0.25) is 0 Å². The zero-order valence-electron chi connectivity index (χ0n) is 10.7. The van der Waals surface area contributed by atoms with Gasteiger partial charge in [0.15, 0.2) is 0 Å². The Hall–Kier alpha value is -1.31. The lowest BCUT2D eigenvalue weighted by atomic mass is 9.90. The van der Waals surface area contributed by atoms with Crippen LogP contribution >= 0.6 is 0 Å². The number of carbonyl (C=O) groups is 1. The summed E-state index contributed by atoms with van der Waals surface area (Å²) in [7, 11) is 0. The minimum absolute atomic E-state index is 0.319. The summed E-state index contributed by atoms with van der Waals surface area (Å²) in [5.41, 5.74) is 6.24. The highest BCUT2D eigenvalue weighted by Gasteiger charge is 2.15. The Kier molecular flexibility index (Phi) is 3.74. The Morgan fingerprint density at radius 1 is 1.19 bits per heavy atom. The van der Waals surface area contributed by atoms with Crippen LogP contribution in [0.1, 0.15) is 34.7 Å². The largest absolute Gasteiger partial charge is 0.481 e. The van der Waals surface area contributed by atoms with E-state index in [0.29, 0.717) is 6.42 Å². The summed E-state index contributed by atoms with van der Waals surface area (Å²) in [6.07, 6.45) is 0.614. The molecular weight excluding hydrogens is 200 g/mol. The molecule has 0 amide bonds. The highest BCUT2D eigenvalue weighted by molar-refractivity contribution is 5.70. The number of carboxylic acids is 1. The molecule has 0 spiro atoms. The topological polar surface area (TPSA) is 37.3 Å². The number of carboxylic acid groups (broad SMARTS) is 1. The maximum Gasteiger partial charge on any atom is 0.306 e. The molecule has 1 rings (SSSR count). The summed E-state index contributed by atoms with van der Waals surface area (Å²) < 4.78 is 0. The first-order valence-electron chi connectivity index (χ1n) is 5.63. The molecule has 0 aromatic heterocycles. The number of rotatable bonds is 3. The van der Waals surface area contributed by atoms with Gasteiger partial charge in [-0.1, -0.05) is 13.0 Å². The van der Waals surface area contributed by atoms with E-state index >= 15 is 0 Å². The monoisotopic (exact) mass is 220 g/mol. The van der Waals surface area contributed by atoms with Crippen LogP contribution in [0.2, 0.25) is 0 Å². The van der Waals surface area contributed by atoms with Gasteiger partial charge in [-0.15, -0.1) is 0 Å². The fourth-order valence-corrected chi connectivity index (χ4v) is 1.92. The maximum atomic E-state index is 10.9. The molecule has 0 aliphatic carbocycles. The van der Waals surface area contributed by atoms with E-state index in [1.54, 1.807) is 6.92 Å². The van der Waals surface area contributed by atoms with Crippen LogP contribution in [0.25, 0.3) is 0 Å². The normalized spacial score (nSPS) is 12.6. The molecule has 0 bridgehead atoms. The van der Waals surface area contributed by atoms with Gasteiger partial charge >= 0.3 is 5.97 Å². The fourth-order valence-electron chi connectivity index (χ4n) is 1.92. The summed E-state index contributed by atoms with van der Waals surface area (Å²) in [4.78, 5) is 10.9. The lowest BCUT2D eigenvalue weighted by Gasteiger charge is -2.15. The SMILES string of the molecule is Cc1cc(CC(C)C(=O)O)c(C)c(C)c1C. The Balaban J connectivity index is 3.11. The van der Waals surface area contributed by atoms with Crippen molar-refractivity contribution in [1.29, 1.82) is 0 Å². The molecule has 0 heterocycles. The summed E-state index contributed by atoms with van der Waals surface area (Å²) in [5, 5.41) is 8.93. The van der Waals surface area contributed by atoms with E-state index in [1.165, 1.54) is 22.3 Å². The summed E-state index contributed by atoms with van der Waals surface area (Å²) in [5.74, 6) is -1.05. The van der Waals surface area contributed by atoms with E-state index in [1.807, 2.05) is 0 Å². The molecule has 1 atom stereocenters. The third-order valence-electron chi connectivity index (χ3n) is 3.54. The second kappa shape index (κ2) is 4.69. The summed E-state index contributed by atoms with van der Waals surface area (Å²) >= 11 is 0. The van der Waals surface area contributed by atoms with E-state index in [4.69, 9.17) is 5.11 Å². The number of hydrogen-bond donors (Lipinski definition) is 1. The van der Waals surface area contributed by atoms with Crippen LogP contribution in [-0.2, 0) is 11.2 Å². The van der Waals surface area contributed by atoms with Crippen molar-refractivity contribution in [3.63, 3.8) is 0 Å². The van der Waals surface area contributed by atoms with Crippen molar-refractivity contribution >= 4 is 5.97 Å². The number of benzene rings is 1. The van der Waals surface area contributed by atoms with Gasteiger partial charge in [0, 0.05) is 0 Å². The Morgan fingerprint density at radius 3 is 2.25 bits per heavy atom. The molecule has 1 aromatic carbocycles. The molecule has 0 aliphatic rings. The first-order valence-corrected chi connectivity index (χ1v) is 5.63. The van der Waals surface area contributed by atoms with E-state index in [9.17, 15) is 4.79 Å². The highest BCUT2D eigenvalue weighted by Crippen LogP contribution is 2.23. The predicted molar refractivity (Wildman–Crippen MR) is 65.9 cm³/mol. The quantitative estimate of drug-likeness (QED) is 0.849. The molecule has 0 saturated carbocycles. The van der Waals surface area contributed by atoms with E-state index < -0.39 is 5.97 Å². The van der Waals surface area contributed by atoms with Crippen LogP contribution in [0.4, 0.5) is 0 Å². The lowest BCUT2D eigenvalue weighted by Crippen LogP contribution is -2.13. The highest BCUT2D eigenvalue weighted by atomic mass is 16.4. The molecule has 1 N–H and O–H groups in total. The van der Waals surface area contributed by atoms with Gasteiger partial charge in [0.1, 0.15) is 0 Å². The Morgan fingerprint density at radius 2 is 1.75 bits per heavy atom. The van der Waals surface area contributed by atoms with Gasteiger partial charge in [-0.25, -0.2) is 0 Å². The molecular formula is C14H20O2. The zero-order valence-corrected chi connectivity index (χ0v) is 10.7. The van der Waals surface area contributed by atoms with Crippen molar-refractivity contribution < 1.29 is 9.90 Å². The standard InChI is InChI=1S/C14H20O2/c1-8-6-13(7-9(2)14(15)16)12(5)11(4)10(8)3/h6,9H,7H2,1-5H3,(H,15,16). The second-order valence-electron chi connectivity index (χ2n) is 4.67. The van der Waals surface area contributed by atoms with Crippen LogP contribution in [0.5, 0.6) is 0 Å². The molecule has 1 aromatic rings. The van der Waals surface area contributed by atoms with Crippen molar-refractivity contribution in [3.8, 4) is 0 Å². The summed E-state index contributed by atoms with van der Waals surface area (Å²) in [6.45, 7) is 10.1. The van der Waals surface area contributed by atoms with Crippen molar-refractivity contribution in [2.45, 2.75) is 41.0 Å². The van der Waals surface area contributed by atoms with Crippen molar-refractivity contribution in [2.75, 3.05) is 0 Å². The van der Waals surface area contributed by atoms with Gasteiger partial charge < -0.3 is 5.11 Å². The van der Waals surface area contributed by atoms with E-state index in [-0.39, 0.29) is 5.92 Å². The lowest BCUT2D eigenvalue weighted by molar-refractivity contribution is -0.141. The molecule has 0 radical (unpaired) electrons.